The largest absolute Gasteiger partial charge is 0.550 e. The third-order valence-corrected chi connectivity index (χ3v) is 5.69. The number of benzene rings is 2. The summed E-state index contributed by atoms with van der Waals surface area (Å²) in [6.07, 6.45) is 13.0. The number of allylic oxidation sites excluding steroid dienone is 5. The highest BCUT2D eigenvalue weighted by atomic mass is 16.5. The Morgan fingerprint density at radius 2 is 1.54 bits per heavy atom. The monoisotopic (exact) mass is 470 g/mol. The summed E-state index contributed by atoms with van der Waals surface area (Å²) in [5.41, 5.74) is 7.79. The quantitative estimate of drug-likeness (QED) is 0.627. The number of carbonyl (C=O) groups is 1. The van der Waals surface area contributed by atoms with E-state index in [-0.39, 0.29) is 5.60 Å². The van der Waals surface area contributed by atoms with Crippen LogP contribution in [0.1, 0.15) is 37.5 Å². The smallest absolute Gasteiger partial charge is 0.199 e. The van der Waals surface area contributed by atoms with Crippen LogP contribution in [-0.4, -0.2) is 50.0 Å². The van der Waals surface area contributed by atoms with Gasteiger partial charge in [-0.2, -0.15) is 0 Å². The van der Waals surface area contributed by atoms with Crippen molar-refractivity contribution < 1.29 is 19.2 Å². The lowest BCUT2D eigenvalue weighted by Gasteiger charge is -2.30. The minimum atomic E-state index is -1.08. The zero-order chi connectivity index (χ0) is 25.8. The molecule has 182 valence electrons. The van der Waals surface area contributed by atoms with E-state index in [1.54, 1.807) is 0 Å². The molecule has 5 heteroatoms. The van der Waals surface area contributed by atoms with Crippen molar-refractivity contribution in [2.75, 3.05) is 33.1 Å². The van der Waals surface area contributed by atoms with Gasteiger partial charge in [-0.15, -0.1) is 0 Å². The predicted molar refractivity (Wildman–Crippen MR) is 143 cm³/mol. The molecule has 0 saturated heterocycles. The van der Waals surface area contributed by atoms with Crippen LogP contribution in [0, 0.1) is 0 Å². The normalized spacial score (nSPS) is 14.9. The van der Waals surface area contributed by atoms with Gasteiger partial charge in [0.1, 0.15) is 25.4 Å². The Morgan fingerprint density at radius 3 is 2.09 bits per heavy atom. The van der Waals surface area contributed by atoms with Gasteiger partial charge in [-0.05, 0) is 67.8 Å². The van der Waals surface area contributed by atoms with Crippen LogP contribution < -0.4 is 14.7 Å². The molecule has 0 atom stereocenters. The van der Waals surface area contributed by atoms with Gasteiger partial charge in [0.25, 0.3) is 0 Å². The maximum Gasteiger partial charge on any atom is 0.199 e. The van der Waals surface area contributed by atoms with E-state index in [9.17, 15) is 0 Å². The van der Waals surface area contributed by atoms with Crippen LogP contribution in [0.4, 0.5) is 5.69 Å². The Labute approximate surface area is 208 Å². The van der Waals surface area contributed by atoms with Crippen molar-refractivity contribution in [3.8, 4) is 5.75 Å². The third kappa shape index (κ3) is 6.38. The minimum absolute atomic E-state index is 0.336. The highest BCUT2D eigenvalue weighted by Gasteiger charge is 2.26. The van der Waals surface area contributed by atoms with Crippen molar-refractivity contribution in [2.45, 2.75) is 26.4 Å². The molecule has 2 aliphatic rings. The number of ether oxygens (including phenoxy) is 1. The van der Waals surface area contributed by atoms with Gasteiger partial charge in [-0.3, -0.25) is 0 Å². The molecule has 4 rings (SSSR count). The zero-order valence-corrected chi connectivity index (χ0v) is 21.6. The van der Waals surface area contributed by atoms with Gasteiger partial charge in [0.05, 0.1) is 0 Å². The van der Waals surface area contributed by atoms with Gasteiger partial charge in [-0.1, -0.05) is 36.4 Å². The van der Waals surface area contributed by atoms with Gasteiger partial charge in [-0.25, -0.2) is 4.58 Å². The van der Waals surface area contributed by atoms with Crippen LogP contribution in [-0.2, 0) is 4.79 Å². The van der Waals surface area contributed by atoms with Gasteiger partial charge >= 0.3 is 0 Å². The molecular formula is C30H34N2O3. The van der Waals surface area contributed by atoms with E-state index in [0.717, 1.165) is 23.8 Å². The van der Waals surface area contributed by atoms with E-state index < -0.39 is 5.97 Å². The number of nitrogens with zero attached hydrogens (tertiary/aromatic N) is 2. The summed E-state index contributed by atoms with van der Waals surface area (Å²) in [5, 5.41) is 8.89. The maximum absolute atomic E-state index is 8.89. The highest BCUT2D eigenvalue weighted by molar-refractivity contribution is 6.04. The lowest BCUT2D eigenvalue weighted by Crippen LogP contribution is -2.28. The SMILES string of the molecule is CC(=O)[O-].CN(C)c1ccc(C(=C2C=CC(=[N+](C)C)C=C2)c2cccc3c2OC(C)(C)C=C3)cc1. The molecule has 0 unspecified atom stereocenters. The minimum Gasteiger partial charge on any atom is -0.550 e. The Kier molecular flexibility index (Phi) is 7.80. The predicted octanol–water partition coefficient (Wildman–Crippen LogP) is 4.33. The maximum atomic E-state index is 8.89. The first kappa shape index (κ1) is 25.8. The van der Waals surface area contributed by atoms with E-state index in [4.69, 9.17) is 14.6 Å². The van der Waals surface area contributed by atoms with Crippen molar-refractivity contribution in [2.24, 2.45) is 0 Å². The lowest BCUT2D eigenvalue weighted by molar-refractivity contribution is -0.462. The number of rotatable bonds is 3. The van der Waals surface area contributed by atoms with Gasteiger partial charge in [0.15, 0.2) is 5.71 Å². The Balaban J connectivity index is 0.000000795. The van der Waals surface area contributed by atoms with Crippen LogP contribution in [0.5, 0.6) is 5.75 Å². The summed E-state index contributed by atoms with van der Waals surface area (Å²) < 4.78 is 8.60. The number of hydrogen-bond donors (Lipinski definition) is 0. The van der Waals surface area contributed by atoms with Crippen LogP contribution in [0.25, 0.3) is 11.6 Å². The molecule has 0 aromatic heterocycles. The number of hydrogen-bond acceptors (Lipinski definition) is 4. The molecule has 0 amide bonds. The van der Waals surface area contributed by atoms with Gasteiger partial charge in [0.2, 0.25) is 0 Å². The number of carboxylic acids is 1. The average Bonchev–Trinajstić information content (AvgIpc) is 2.79. The first-order valence-corrected chi connectivity index (χ1v) is 11.6. The average molecular weight is 471 g/mol. The highest BCUT2D eigenvalue weighted by Crippen LogP contribution is 2.41. The van der Waals surface area contributed by atoms with Crippen molar-refractivity contribution >= 4 is 29.0 Å². The second-order valence-electron chi connectivity index (χ2n) is 9.51. The van der Waals surface area contributed by atoms with Crippen molar-refractivity contribution in [3.05, 3.63) is 95.1 Å². The van der Waals surface area contributed by atoms with E-state index in [2.05, 4.69) is 130 Å². The molecule has 0 fully saturated rings. The van der Waals surface area contributed by atoms with Gasteiger partial charge in [0, 0.05) is 49.0 Å². The van der Waals surface area contributed by atoms with Crippen LogP contribution in [0.3, 0.4) is 0 Å². The molecule has 0 saturated carbocycles. The molecule has 0 N–H and O–H groups in total. The molecule has 5 nitrogen and oxygen atoms in total. The first-order chi connectivity index (χ1) is 16.5. The standard InChI is InChI=1S/C28H31N2O.C2H4O2/c1-28(2)19-18-22-8-7-9-25(27(22)31-28)26(20-10-14-23(15-11-20)29(3)4)21-12-16-24(17-13-21)30(5)6;1-2(3)4/h7-19H,1-6H3;1H3,(H,3,4)/q+1;/p-1. The van der Waals surface area contributed by atoms with Gasteiger partial charge < -0.3 is 19.5 Å². The van der Waals surface area contributed by atoms with Crippen molar-refractivity contribution in [1.29, 1.82) is 0 Å². The van der Waals surface area contributed by atoms with E-state index >= 15 is 0 Å². The van der Waals surface area contributed by atoms with E-state index in [0.29, 0.717) is 0 Å². The summed E-state index contributed by atoms with van der Waals surface area (Å²) in [6, 6.07) is 15.1. The number of fused-ring (bicyclic) bond motifs is 1. The van der Waals surface area contributed by atoms with Crippen LogP contribution >= 0.6 is 0 Å². The summed E-state index contributed by atoms with van der Waals surface area (Å²) >= 11 is 0. The third-order valence-electron chi connectivity index (χ3n) is 5.69. The topological polar surface area (TPSA) is 55.6 Å². The number of anilines is 1. The first-order valence-electron chi connectivity index (χ1n) is 11.6. The molecule has 35 heavy (non-hydrogen) atoms. The van der Waals surface area contributed by atoms with Crippen molar-refractivity contribution in [1.82, 2.24) is 0 Å². The molecule has 0 bridgehead atoms. The molecule has 0 radical (unpaired) electrons. The number of carboxylic acid groups (broad SMARTS) is 1. The lowest BCUT2D eigenvalue weighted by atomic mass is 9.88. The van der Waals surface area contributed by atoms with E-state index in [1.807, 2.05) is 0 Å². The number of para-hydroxylation sites is 1. The Hall–Kier alpha value is -3.86. The molecule has 2 aromatic carbocycles. The van der Waals surface area contributed by atoms with Crippen LogP contribution in [0.2, 0.25) is 0 Å². The summed E-state index contributed by atoms with van der Waals surface area (Å²) in [7, 11) is 8.26. The molecule has 1 aliphatic carbocycles. The fourth-order valence-corrected chi connectivity index (χ4v) is 3.91. The fourth-order valence-electron chi connectivity index (χ4n) is 3.91. The number of carbonyl (C=O) groups excluding carboxylic acids is 1. The second-order valence-corrected chi connectivity index (χ2v) is 9.51. The molecule has 0 spiro atoms. The molecule has 1 heterocycles. The summed E-state index contributed by atoms with van der Waals surface area (Å²) in [5.74, 6) is -0.140. The fraction of sp³-hybridized carbons (Fsp3) is 0.267. The number of aliphatic carboxylic acids is 1. The summed E-state index contributed by atoms with van der Waals surface area (Å²) in [4.78, 5) is 11.0. The molecule has 2 aromatic rings. The molecule has 1 aliphatic heterocycles. The Morgan fingerprint density at radius 1 is 0.943 bits per heavy atom. The molecular weight excluding hydrogens is 436 g/mol. The summed E-state index contributed by atoms with van der Waals surface area (Å²) in [6.45, 7) is 5.17. The Bertz CT molecular complexity index is 1230. The van der Waals surface area contributed by atoms with E-state index in [1.165, 1.54) is 28.1 Å². The van der Waals surface area contributed by atoms with Crippen LogP contribution in [0.15, 0.2) is 78.4 Å². The second kappa shape index (κ2) is 10.6. The van der Waals surface area contributed by atoms with Crippen molar-refractivity contribution in [3.63, 3.8) is 0 Å². The zero-order valence-electron chi connectivity index (χ0n) is 21.6.